The van der Waals surface area contributed by atoms with Crippen LogP contribution in [-0.2, 0) is 10.0 Å². The van der Waals surface area contributed by atoms with Gasteiger partial charge in [-0.25, -0.2) is 17.9 Å². The summed E-state index contributed by atoms with van der Waals surface area (Å²) < 4.78 is 26.8. The highest BCUT2D eigenvalue weighted by Crippen LogP contribution is 2.24. The highest BCUT2D eigenvalue weighted by molar-refractivity contribution is 9.10. The number of nitrogens with one attached hydrogen (secondary N) is 1. The molecule has 0 unspecified atom stereocenters. The van der Waals surface area contributed by atoms with Crippen LogP contribution in [0.4, 0.5) is 0 Å². The molecule has 0 fully saturated rings. The minimum absolute atomic E-state index is 0.0161. The van der Waals surface area contributed by atoms with Crippen LogP contribution in [0.15, 0.2) is 27.6 Å². The largest absolute Gasteiger partial charge is 0.478 e. The van der Waals surface area contributed by atoms with Crippen molar-refractivity contribution in [3.05, 3.63) is 28.2 Å². The summed E-state index contributed by atoms with van der Waals surface area (Å²) in [5, 5.41) is 8.80. The van der Waals surface area contributed by atoms with E-state index in [0.29, 0.717) is 0 Å². The molecule has 2 N–H and O–H groups in total. The summed E-state index contributed by atoms with van der Waals surface area (Å²) in [5.74, 6) is -1.11. The Bertz CT molecular complexity index is 575. The smallest absolute Gasteiger partial charge is 0.335 e. The minimum Gasteiger partial charge on any atom is -0.478 e. The molecular weight excluding hydrogens is 322 g/mol. The number of hydrogen-bond donors (Lipinski definition) is 2. The van der Waals surface area contributed by atoms with Crippen molar-refractivity contribution >= 4 is 31.9 Å². The lowest BCUT2D eigenvalue weighted by atomic mass is 10.1. The fourth-order valence-corrected chi connectivity index (χ4v) is 3.81. The van der Waals surface area contributed by atoms with E-state index in [9.17, 15) is 13.2 Å². The van der Waals surface area contributed by atoms with Gasteiger partial charge < -0.3 is 5.11 Å². The lowest BCUT2D eigenvalue weighted by molar-refractivity contribution is 0.0696. The maximum Gasteiger partial charge on any atom is 0.335 e. The molecule has 0 heterocycles. The van der Waals surface area contributed by atoms with Gasteiger partial charge in [-0.15, -0.1) is 0 Å². The normalized spacial score (nSPS) is 12.4. The number of halogens is 1. The van der Waals surface area contributed by atoms with E-state index in [1.54, 1.807) is 20.8 Å². The molecule has 0 aliphatic carbocycles. The van der Waals surface area contributed by atoms with Crippen LogP contribution in [0.1, 0.15) is 31.1 Å². The first-order valence-corrected chi connectivity index (χ1v) is 7.37. The molecule has 0 saturated carbocycles. The number of carboxylic acid groups (broad SMARTS) is 1. The number of sulfonamides is 1. The summed E-state index contributed by atoms with van der Waals surface area (Å²) >= 11 is 3.08. The fraction of sp³-hybridized carbons (Fsp3) is 0.364. The van der Waals surface area contributed by atoms with Crippen LogP contribution in [0.3, 0.4) is 0 Å². The van der Waals surface area contributed by atoms with Crippen molar-refractivity contribution in [2.75, 3.05) is 0 Å². The molecule has 0 radical (unpaired) electrons. The summed E-state index contributed by atoms with van der Waals surface area (Å²) in [7, 11) is -3.68. The number of rotatable bonds is 3. The minimum atomic E-state index is -3.68. The molecule has 1 aromatic carbocycles. The second-order valence-corrected chi connectivity index (χ2v) is 7.31. The van der Waals surface area contributed by atoms with Crippen LogP contribution in [0.5, 0.6) is 0 Å². The third-order valence-electron chi connectivity index (χ3n) is 1.91. The predicted octanol–water partition coefficient (Wildman–Crippen LogP) is 2.22. The Morgan fingerprint density at radius 2 is 1.89 bits per heavy atom. The number of carboxylic acids is 1. The first-order chi connectivity index (χ1) is 8.03. The second-order valence-electron chi connectivity index (χ2n) is 4.81. The average molecular weight is 336 g/mol. The van der Waals surface area contributed by atoms with Gasteiger partial charge in [0.1, 0.15) is 0 Å². The van der Waals surface area contributed by atoms with E-state index in [0.717, 1.165) is 0 Å². The van der Waals surface area contributed by atoms with Gasteiger partial charge in [0.15, 0.2) is 0 Å². The molecule has 18 heavy (non-hydrogen) atoms. The van der Waals surface area contributed by atoms with Gasteiger partial charge >= 0.3 is 5.97 Å². The Balaban J connectivity index is 3.23. The summed E-state index contributed by atoms with van der Waals surface area (Å²) in [6.07, 6.45) is 0. The Hall–Kier alpha value is -0.920. The fourth-order valence-electron chi connectivity index (χ4n) is 1.31. The van der Waals surface area contributed by atoms with Crippen molar-refractivity contribution in [3.63, 3.8) is 0 Å². The van der Waals surface area contributed by atoms with E-state index in [-0.39, 0.29) is 14.9 Å². The van der Waals surface area contributed by atoms with E-state index in [2.05, 4.69) is 20.7 Å². The van der Waals surface area contributed by atoms with Gasteiger partial charge in [-0.3, -0.25) is 0 Å². The zero-order valence-corrected chi connectivity index (χ0v) is 12.6. The molecule has 0 aliphatic rings. The van der Waals surface area contributed by atoms with Gasteiger partial charge in [0, 0.05) is 10.0 Å². The molecular formula is C11H14BrNO4S. The Labute approximate surface area is 114 Å². The van der Waals surface area contributed by atoms with E-state index in [1.807, 2.05) is 0 Å². The summed E-state index contributed by atoms with van der Waals surface area (Å²) in [6.45, 7) is 5.18. The van der Waals surface area contributed by atoms with Crippen LogP contribution in [0, 0.1) is 0 Å². The van der Waals surface area contributed by atoms with Crippen molar-refractivity contribution in [3.8, 4) is 0 Å². The molecule has 0 saturated heterocycles. The number of hydrogen-bond acceptors (Lipinski definition) is 3. The molecule has 100 valence electrons. The second kappa shape index (κ2) is 4.99. The highest BCUT2D eigenvalue weighted by Gasteiger charge is 2.24. The van der Waals surface area contributed by atoms with Gasteiger partial charge in [-0.05, 0) is 54.9 Å². The molecule has 1 rings (SSSR count). The SMILES string of the molecule is CC(C)(C)NS(=O)(=O)c1ccc(C(=O)O)cc1Br. The van der Waals surface area contributed by atoms with E-state index < -0.39 is 21.5 Å². The van der Waals surface area contributed by atoms with E-state index >= 15 is 0 Å². The summed E-state index contributed by atoms with van der Waals surface area (Å²) in [5.41, 5.74) is -0.583. The lowest BCUT2D eigenvalue weighted by Gasteiger charge is -2.20. The first-order valence-electron chi connectivity index (χ1n) is 5.10. The van der Waals surface area contributed by atoms with E-state index in [1.165, 1.54) is 18.2 Å². The molecule has 0 atom stereocenters. The van der Waals surface area contributed by atoms with Gasteiger partial charge in [0.05, 0.1) is 10.5 Å². The van der Waals surface area contributed by atoms with Crippen LogP contribution in [0.25, 0.3) is 0 Å². The topological polar surface area (TPSA) is 83.5 Å². The van der Waals surface area contributed by atoms with Gasteiger partial charge in [0.2, 0.25) is 10.0 Å². The van der Waals surface area contributed by atoms with Crippen LogP contribution in [-0.4, -0.2) is 25.0 Å². The van der Waals surface area contributed by atoms with E-state index in [4.69, 9.17) is 5.11 Å². The van der Waals surface area contributed by atoms with Crippen molar-refractivity contribution in [2.45, 2.75) is 31.2 Å². The molecule has 1 aromatic rings. The van der Waals surface area contributed by atoms with Crippen LogP contribution < -0.4 is 4.72 Å². The molecule has 0 aromatic heterocycles. The maximum absolute atomic E-state index is 12.1. The quantitative estimate of drug-likeness (QED) is 0.887. The Morgan fingerprint density at radius 3 is 2.28 bits per heavy atom. The molecule has 5 nitrogen and oxygen atoms in total. The number of benzene rings is 1. The van der Waals surface area contributed by atoms with Crippen LogP contribution >= 0.6 is 15.9 Å². The molecule has 0 spiro atoms. The first kappa shape index (κ1) is 15.1. The highest BCUT2D eigenvalue weighted by atomic mass is 79.9. The Kier molecular flexibility index (Phi) is 4.19. The zero-order valence-electron chi connectivity index (χ0n) is 10.2. The van der Waals surface area contributed by atoms with Crippen LogP contribution in [0.2, 0.25) is 0 Å². The molecule has 0 aliphatic heterocycles. The van der Waals surface area contributed by atoms with Gasteiger partial charge in [-0.2, -0.15) is 0 Å². The van der Waals surface area contributed by atoms with Gasteiger partial charge in [0.25, 0.3) is 0 Å². The summed E-state index contributed by atoms with van der Waals surface area (Å²) in [6, 6.07) is 3.78. The Morgan fingerprint density at radius 1 is 1.33 bits per heavy atom. The third-order valence-corrected chi connectivity index (χ3v) is 4.64. The molecule has 7 heteroatoms. The predicted molar refractivity (Wildman–Crippen MR) is 71.2 cm³/mol. The summed E-state index contributed by atoms with van der Waals surface area (Å²) in [4.78, 5) is 10.8. The molecule has 0 amide bonds. The van der Waals surface area contributed by atoms with Crippen molar-refractivity contribution in [1.82, 2.24) is 4.72 Å². The van der Waals surface area contributed by atoms with Crippen molar-refractivity contribution < 1.29 is 18.3 Å². The third kappa shape index (κ3) is 3.79. The van der Waals surface area contributed by atoms with Crippen molar-refractivity contribution in [1.29, 1.82) is 0 Å². The average Bonchev–Trinajstić information content (AvgIpc) is 2.12. The molecule has 0 bridgehead atoms. The van der Waals surface area contributed by atoms with Gasteiger partial charge in [-0.1, -0.05) is 0 Å². The number of aromatic carboxylic acids is 1. The monoisotopic (exact) mass is 335 g/mol. The zero-order chi connectivity index (χ0) is 14.1. The van der Waals surface area contributed by atoms with Crippen molar-refractivity contribution in [2.24, 2.45) is 0 Å². The standard InChI is InChI=1S/C11H14BrNO4S/c1-11(2,3)13-18(16,17)9-5-4-7(10(14)15)6-8(9)12/h4-6,13H,1-3H3,(H,14,15). The number of carbonyl (C=O) groups is 1. The maximum atomic E-state index is 12.1. The lowest BCUT2D eigenvalue weighted by Crippen LogP contribution is -2.40.